The van der Waals surface area contributed by atoms with E-state index in [2.05, 4.69) is 69.4 Å². The van der Waals surface area contributed by atoms with Gasteiger partial charge in [-0.2, -0.15) is 0 Å². The SMILES string of the molecule is CC\C=C/C=C\C=C/C=C\CCCCCC(=O)OC(COC(=O)CCCCCCC\C=C/C=C\C=C/CC)COC(=O)CCCCCCCCCCCCCCCCC. The van der Waals surface area contributed by atoms with Crippen LogP contribution in [0, 0.1) is 0 Å². The highest BCUT2D eigenvalue weighted by atomic mass is 16.6. The molecule has 0 heterocycles. The molecule has 0 N–H and O–H groups in total. The second-order valence-corrected chi connectivity index (χ2v) is 15.8. The van der Waals surface area contributed by atoms with Gasteiger partial charge in [0.05, 0.1) is 0 Å². The molecule has 0 aliphatic heterocycles. The molecular weight excluding hydrogens is 733 g/mol. The van der Waals surface area contributed by atoms with Crippen LogP contribution in [-0.2, 0) is 28.6 Å². The molecule has 0 aliphatic carbocycles. The third-order valence-electron chi connectivity index (χ3n) is 10.1. The van der Waals surface area contributed by atoms with E-state index < -0.39 is 6.10 Å². The van der Waals surface area contributed by atoms with Gasteiger partial charge >= 0.3 is 17.9 Å². The molecule has 0 amide bonds. The first kappa shape index (κ1) is 55.6. The summed E-state index contributed by atoms with van der Waals surface area (Å²) in [5.41, 5.74) is 0. The molecule has 0 radical (unpaired) electrons. The molecule has 0 fully saturated rings. The molecule has 0 saturated carbocycles. The topological polar surface area (TPSA) is 78.9 Å². The van der Waals surface area contributed by atoms with Gasteiger partial charge in [-0.05, 0) is 57.8 Å². The molecule has 0 aromatic rings. The first-order valence-corrected chi connectivity index (χ1v) is 24.2. The number of esters is 3. The maximum atomic E-state index is 12.7. The molecule has 0 rings (SSSR count). The zero-order valence-corrected chi connectivity index (χ0v) is 38.2. The minimum atomic E-state index is -0.803. The average Bonchev–Trinajstić information content (AvgIpc) is 3.23. The van der Waals surface area contributed by atoms with Gasteiger partial charge in [0.1, 0.15) is 13.2 Å². The van der Waals surface area contributed by atoms with E-state index in [9.17, 15) is 14.4 Å². The molecule has 336 valence electrons. The number of carbonyl (C=O) groups excluding carboxylic acids is 3. The van der Waals surface area contributed by atoms with Crippen LogP contribution in [0.2, 0.25) is 0 Å². The van der Waals surface area contributed by atoms with Crippen LogP contribution >= 0.6 is 0 Å². The van der Waals surface area contributed by atoms with Gasteiger partial charge < -0.3 is 14.2 Å². The normalized spacial score (nSPS) is 12.8. The molecular formula is C53H88O6. The quantitative estimate of drug-likeness (QED) is 0.0264. The first-order chi connectivity index (χ1) is 29.0. The summed E-state index contributed by atoms with van der Waals surface area (Å²) in [7, 11) is 0. The van der Waals surface area contributed by atoms with Crippen molar-refractivity contribution in [2.45, 2.75) is 219 Å². The van der Waals surface area contributed by atoms with Gasteiger partial charge in [0, 0.05) is 19.3 Å². The number of ether oxygens (including phenoxy) is 3. The fourth-order valence-corrected chi connectivity index (χ4v) is 6.45. The van der Waals surface area contributed by atoms with Crippen LogP contribution in [-0.4, -0.2) is 37.2 Å². The minimum absolute atomic E-state index is 0.0985. The Morgan fingerprint density at radius 1 is 0.356 bits per heavy atom. The van der Waals surface area contributed by atoms with Crippen LogP contribution in [0.5, 0.6) is 0 Å². The van der Waals surface area contributed by atoms with E-state index in [1.807, 2.05) is 36.5 Å². The van der Waals surface area contributed by atoms with Crippen LogP contribution < -0.4 is 0 Å². The number of hydrogen-bond donors (Lipinski definition) is 0. The van der Waals surface area contributed by atoms with Crippen molar-refractivity contribution in [1.82, 2.24) is 0 Å². The predicted octanol–water partition coefficient (Wildman–Crippen LogP) is 15.6. The summed E-state index contributed by atoms with van der Waals surface area (Å²) in [6, 6.07) is 0. The standard InChI is InChI=1S/C53H88O6/c1-4-7-10-13-16-19-22-25-26-29-31-34-37-40-43-46-52(55)58-49-50(59-53(56)47-44-41-38-35-32-28-24-21-18-15-12-9-6-3)48-57-51(54)45-42-39-36-33-30-27-23-20-17-14-11-8-5-2/h8-9,11-12,14-15,17-18,20-21,23-24,28,32,50H,4-7,10,13,16,19,22,25-27,29-31,33-49H2,1-3H3/b11-8-,12-9-,17-14-,18-15-,23-20-,24-21-,32-28-. The summed E-state index contributed by atoms with van der Waals surface area (Å²) in [5.74, 6) is -0.962. The summed E-state index contributed by atoms with van der Waals surface area (Å²) in [6.45, 7) is 6.30. The van der Waals surface area contributed by atoms with Crippen molar-refractivity contribution >= 4 is 17.9 Å². The highest BCUT2D eigenvalue weighted by Crippen LogP contribution is 2.15. The molecule has 6 heteroatoms. The molecule has 0 aliphatic rings. The van der Waals surface area contributed by atoms with Crippen LogP contribution in [0.3, 0.4) is 0 Å². The Kier molecular flexibility index (Phi) is 44.5. The van der Waals surface area contributed by atoms with E-state index in [4.69, 9.17) is 14.2 Å². The lowest BCUT2D eigenvalue weighted by atomic mass is 10.0. The molecule has 0 saturated heterocycles. The Morgan fingerprint density at radius 3 is 1.05 bits per heavy atom. The highest BCUT2D eigenvalue weighted by Gasteiger charge is 2.19. The number of allylic oxidation sites excluding steroid dienone is 14. The molecule has 0 spiro atoms. The molecule has 0 aromatic heterocycles. The van der Waals surface area contributed by atoms with Crippen LogP contribution in [0.4, 0.5) is 0 Å². The van der Waals surface area contributed by atoms with Gasteiger partial charge in [0.2, 0.25) is 0 Å². The van der Waals surface area contributed by atoms with E-state index in [0.717, 1.165) is 89.9 Å². The van der Waals surface area contributed by atoms with E-state index in [1.165, 1.54) is 77.0 Å². The zero-order valence-electron chi connectivity index (χ0n) is 38.2. The summed E-state index contributed by atoms with van der Waals surface area (Å²) >= 11 is 0. The summed E-state index contributed by atoms with van der Waals surface area (Å²) in [6.07, 6.45) is 59.9. The largest absolute Gasteiger partial charge is 0.462 e. The van der Waals surface area contributed by atoms with E-state index in [-0.39, 0.29) is 37.5 Å². The van der Waals surface area contributed by atoms with E-state index in [0.29, 0.717) is 19.3 Å². The van der Waals surface area contributed by atoms with Gasteiger partial charge in [0.15, 0.2) is 6.10 Å². The fraction of sp³-hybridized carbons (Fsp3) is 0.679. The van der Waals surface area contributed by atoms with Gasteiger partial charge in [-0.15, -0.1) is 0 Å². The van der Waals surface area contributed by atoms with Gasteiger partial charge in [0.25, 0.3) is 0 Å². The smallest absolute Gasteiger partial charge is 0.306 e. The third kappa shape index (κ3) is 45.5. The fourth-order valence-electron chi connectivity index (χ4n) is 6.45. The number of carbonyl (C=O) groups is 3. The lowest BCUT2D eigenvalue weighted by Crippen LogP contribution is -2.30. The van der Waals surface area contributed by atoms with Gasteiger partial charge in [-0.3, -0.25) is 14.4 Å². The monoisotopic (exact) mass is 821 g/mol. The molecule has 0 aromatic carbocycles. The second-order valence-electron chi connectivity index (χ2n) is 15.8. The molecule has 1 atom stereocenters. The molecule has 6 nitrogen and oxygen atoms in total. The Morgan fingerprint density at radius 2 is 0.661 bits per heavy atom. The van der Waals surface area contributed by atoms with Crippen molar-refractivity contribution in [2.75, 3.05) is 13.2 Å². The summed E-state index contributed by atoms with van der Waals surface area (Å²) in [4.78, 5) is 37.8. The summed E-state index contributed by atoms with van der Waals surface area (Å²) in [5, 5.41) is 0. The zero-order chi connectivity index (χ0) is 43.0. The predicted molar refractivity (Wildman–Crippen MR) is 251 cm³/mol. The van der Waals surface area contributed by atoms with Crippen LogP contribution in [0.15, 0.2) is 85.1 Å². The Balaban J connectivity index is 4.46. The lowest BCUT2D eigenvalue weighted by molar-refractivity contribution is -0.167. The van der Waals surface area contributed by atoms with E-state index in [1.54, 1.807) is 0 Å². The second kappa shape index (κ2) is 47.3. The highest BCUT2D eigenvalue weighted by molar-refractivity contribution is 5.71. The Hall–Kier alpha value is -3.41. The van der Waals surface area contributed by atoms with Crippen LogP contribution in [0.1, 0.15) is 213 Å². The molecule has 0 bridgehead atoms. The minimum Gasteiger partial charge on any atom is -0.462 e. The third-order valence-corrected chi connectivity index (χ3v) is 10.1. The van der Waals surface area contributed by atoms with Crippen LogP contribution in [0.25, 0.3) is 0 Å². The number of rotatable bonds is 42. The van der Waals surface area contributed by atoms with Crippen molar-refractivity contribution in [2.24, 2.45) is 0 Å². The summed E-state index contributed by atoms with van der Waals surface area (Å²) < 4.78 is 16.7. The van der Waals surface area contributed by atoms with Gasteiger partial charge in [-0.25, -0.2) is 0 Å². The molecule has 1 unspecified atom stereocenters. The van der Waals surface area contributed by atoms with Crippen molar-refractivity contribution in [1.29, 1.82) is 0 Å². The Labute approximate surface area is 363 Å². The number of unbranched alkanes of at least 4 members (excludes halogenated alkanes) is 22. The maximum Gasteiger partial charge on any atom is 0.306 e. The van der Waals surface area contributed by atoms with Crippen molar-refractivity contribution in [3.05, 3.63) is 85.1 Å². The molecule has 59 heavy (non-hydrogen) atoms. The van der Waals surface area contributed by atoms with E-state index >= 15 is 0 Å². The Bertz CT molecular complexity index is 1170. The van der Waals surface area contributed by atoms with Crippen molar-refractivity contribution in [3.8, 4) is 0 Å². The van der Waals surface area contributed by atoms with Crippen molar-refractivity contribution in [3.63, 3.8) is 0 Å². The van der Waals surface area contributed by atoms with Crippen molar-refractivity contribution < 1.29 is 28.6 Å². The first-order valence-electron chi connectivity index (χ1n) is 24.2. The maximum absolute atomic E-state index is 12.7. The average molecular weight is 821 g/mol. The lowest BCUT2D eigenvalue weighted by Gasteiger charge is -2.18. The number of hydrogen-bond acceptors (Lipinski definition) is 6. The van der Waals surface area contributed by atoms with Gasteiger partial charge in [-0.1, -0.05) is 221 Å².